The van der Waals surface area contributed by atoms with Gasteiger partial charge < -0.3 is 10.6 Å². The molecular formula is C23H21N5O. The Morgan fingerprint density at radius 2 is 1.83 bits per heavy atom. The van der Waals surface area contributed by atoms with Crippen molar-refractivity contribution in [3.8, 4) is 22.3 Å². The van der Waals surface area contributed by atoms with Gasteiger partial charge in [-0.05, 0) is 36.2 Å². The fraction of sp³-hybridized carbons (Fsp3) is 0.174. The van der Waals surface area contributed by atoms with E-state index >= 15 is 0 Å². The maximum absolute atomic E-state index is 12.4. The van der Waals surface area contributed by atoms with Gasteiger partial charge in [-0.15, -0.1) is 0 Å². The molecular weight excluding hydrogens is 362 g/mol. The number of nitrogens with one attached hydrogen (secondary N) is 2. The minimum absolute atomic E-state index is 0.0293. The number of carbonyl (C=O) groups is 1. The molecule has 3 heterocycles. The third kappa shape index (κ3) is 3.50. The minimum atomic E-state index is -0.0293. The van der Waals surface area contributed by atoms with Crippen LogP contribution in [0.25, 0.3) is 27.9 Å². The van der Waals surface area contributed by atoms with Crippen molar-refractivity contribution in [1.29, 1.82) is 0 Å². The van der Waals surface area contributed by atoms with Crippen LogP contribution in [0.15, 0.2) is 73.2 Å². The van der Waals surface area contributed by atoms with E-state index in [1.165, 1.54) is 0 Å². The normalized spacial score (nSPS) is 16.2. The fourth-order valence-corrected chi connectivity index (χ4v) is 3.71. The number of aromatic nitrogens is 3. The summed E-state index contributed by atoms with van der Waals surface area (Å²) in [5, 5.41) is 10.8. The number of amides is 1. The molecule has 1 saturated heterocycles. The van der Waals surface area contributed by atoms with E-state index in [0.29, 0.717) is 5.56 Å². The molecule has 6 heteroatoms. The predicted octanol–water partition coefficient (Wildman–Crippen LogP) is 3.16. The largest absolute Gasteiger partial charge is 0.348 e. The first-order chi connectivity index (χ1) is 14.3. The highest BCUT2D eigenvalue weighted by Crippen LogP contribution is 2.25. The van der Waals surface area contributed by atoms with E-state index in [1.54, 1.807) is 4.52 Å². The monoisotopic (exact) mass is 383 g/mol. The number of carbonyl (C=O) groups excluding carboxylic acids is 1. The van der Waals surface area contributed by atoms with Gasteiger partial charge in [0, 0.05) is 41.7 Å². The summed E-state index contributed by atoms with van der Waals surface area (Å²) in [6, 6.07) is 17.9. The smallest absolute Gasteiger partial charge is 0.251 e. The lowest BCUT2D eigenvalue weighted by Gasteiger charge is -2.11. The summed E-state index contributed by atoms with van der Waals surface area (Å²) >= 11 is 0. The van der Waals surface area contributed by atoms with Crippen LogP contribution in [0.2, 0.25) is 0 Å². The Labute approximate surface area is 168 Å². The van der Waals surface area contributed by atoms with Crippen LogP contribution < -0.4 is 10.6 Å². The van der Waals surface area contributed by atoms with E-state index in [9.17, 15) is 4.79 Å². The lowest BCUT2D eigenvalue weighted by Crippen LogP contribution is -2.36. The zero-order valence-electron chi connectivity index (χ0n) is 15.9. The number of rotatable bonds is 4. The number of nitrogens with zero attached hydrogens (tertiary/aromatic N) is 3. The van der Waals surface area contributed by atoms with Gasteiger partial charge in [-0.2, -0.15) is 5.10 Å². The van der Waals surface area contributed by atoms with Crippen molar-refractivity contribution in [3.63, 3.8) is 0 Å². The van der Waals surface area contributed by atoms with Gasteiger partial charge in [0.25, 0.3) is 5.91 Å². The van der Waals surface area contributed by atoms with Crippen LogP contribution in [0.4, 0.5) is 0 Å². The Morgan fingerprint density at radius 3 is 2.59 bits per heavy atom. The highest BCUT2D eigenvalue weighted by atomic mass is 16.1. The Bertz CT molecular complexity index is 1150. The topological polar surface area (TPSA) is 71.3 Å². The molecule has 1 atom stereocenters. The first-order valence-electron chi connectivity index (χ1n) is 9.79. The van der Waals surface area contributed by atoms with Crippen LogP contribution in [-0.2, 0) is 0 Å². The number of fused-ring (bicyclic) bond motifs is 1. The summed E-state index contributed by atoms with van der Waals surface area (Å²) in [6.45, 7) is 1.79. The van der Waals surface area contributed by atoms with Gasteiger partial charge in [-0.3, -0.25) is 4.79 Å². The molecule has 1 fully saturated rings. The molecule has 0 aliphatic carbocycles. The molecule has 6 nitrogen and oxygen atoms in total. The number of hydrogen-bond donors (Lipinski definition) is 2. The van der Waals surface area contributed by atoms with Gasteiger partial charge in [0.1, 0.15) is 0 Å². The van der Waals surface area contributed by atoms with Crippen LogP contribution in [0.3, 0.4) is 0 Å². The van der Waals surface area contributed by atoms with E-state index in [-0.39, 0.29) is 11.9 Å². The van der Waals surface area contributed by atoms with Crippen molar-refractivity contribution in [1.82, 2.24) is 25.2 Å². The second-order valence-corrected chi connectivity index (χ2v) is 7.28. The van der Waals surface area contributed by atoms with Crippen LogP contribution in [0.5, 0.6) is 0 Å². The summed E-state index contributed by atoms with van der Waals surface area (Å²) < 4.78 is 1.80. The Balaban J connectivity index is 1.38. The molecule has 0 bridgehead atoms. The van der Waals surface area contributed by atoms with Crippen LogP contribution >= 0.6 is 0 Å². The van der Waals surface area contributed by atoms with Gasteiger partial charge in [0.2, 0.25) is 0 Å². The summed E-state index contributed by atoms with van der Waals surface area (Å²) in [5.41, 5.74) is 5.53. The molecule has 1 unspecified atom stereocenters. The number of hydrogen-bond acceptors (Lipinski definition) is 4. The first kappa shape index (κ1) is 17.6. The quantitative estimate of drug-likeness (QED) is 0.568. The van der Waals surface area contributed by atoms with E-state index in [1.807, 2.05) is 61.1 Å². The molecule has 0 radical (unpaired) electrons. The first-order valence-corrected chi connectivity index (χ1v) is 9.79. The molecule has 5 rings (SSSR count). The molecule has 29 heavy (non-hydrogen) atoms. The van der Waals surface area contributed by atoms with Crippen LogP contribution in [0.1, 0.15) is 16.8 Å². The molecule has 4 aromatic rings. The lowest BCUT2D eigenvalue weighted by molar-refractivity contribution is 0.0940. The van der Waals surface area contributed by atoms with E-state index in [2.05, 4.69) is 32.8 Å². The molecule has 2 aromatic heterocycles. The average molecular weight is 383 g/mol. The molecule has 1 aliphatic rings. The van der Waals surface area contributed by atoms with Gasteiger partial charge in [0.05, 0.1) is 6.20 Å². The second-order valence-electron chi connectivity index (χ2n) is 7.28. The molecule has 0 spiro atoms. The van der Waals surface area contributed by atoms with E-state index < -0.39 is 0 Å². The summed E-state index contributed by atoms with van der Waals surface area (Å²) in [4.78, 5) is 17.0. The van der Waals surface area contributed by atoms with Crippen LogP contribution in [-0.4, -0.2) is 39.6 Å². The standard InChI is InChI=1S/C23H21N5O/c29-23(27-20-10-11-24-13-20)18-8-6-16(7-9-18)19-12-25-22-21(14-26-28(22)15-19)17-4-2-1-3-5-17/h1-9,12,14-15,20,24H,10-11,13H2,(H,27,29). The van der Waals surface area contributed by atoms with E-state index in [0.717, 1.165) is 47.4 Å². The molecule has 2 N–H and O–H groups in total. The zero-order chi connectivity index (χ0) is 19.6. The van der Waals surface area contributed by atoms with Gasteiger partial charge in [-0.1, -0.05) is 42.5 Å². The number of benzene rings is 2. The molecule has 144 valence electrons. The van der Waals surface area contributed by atoms with Crippen LogP contribution in [0, 0.1) is 0 Å². The van der Waals surface area contributed by atoms with Gasteiger partial charge >= 0.3 is 0 Å². The highest BCUT2D eigenvalue weighted by molar-refractivity contribution is 5.95. The average Bonchev–Trinajstić information content (AvgIpc) is 3.44. The molecule has 1 amide bonds. The predicted molar refractivity (Wildman–Crippen MR) is 113 cm³/mol. The zero-order valence-corrected chi connectivity index (χ0v) is 15.9. The Morgan fingerprint density at radius 1 is 1.00 bits per heavy atom. The fourth-order valence-electron chi connectivity index (χ4n) is 3.71. The maximum atomic E-state index is 12.4. The summed E-state index contributed by atoms with van der Waals surface area (Å²) in [7, 11) is 0. The van der Waals surface area contributed by atoms with Crippen molar-refractivity contribution in [2.45, 2.75) is 12.5 Å². The Kier molecular flexibility index (Phi) is 4.54. The van der Waals surface area contributed by atoms with Crippen molar-refractivity contribution < 1.29 is 4.79 Å². The van der Waals surface area contributed by atoms with Crippen molar-refractivity contribution in [3.05, 3.63) is 78.8 Å². The minimum Gasteiger partial charge on any atom is -0.348 e. The third-order valence-electron chi connectivity index (χ3n) is 5.32. The second kappa shape index (κ2) is 7.48. The Hall–Kier alpha value is -3.51. The van der Waals surface area contributed by atoms with Crippen molar-refractivity contribution in [2.24, 2.45) is 0 Å². The van der Waals surface area contributed by atoms with Gasteiger partial charge in [0.15, 0.2) is 5.65 Å². The van der Waals surface area contributed by atoms with Gasteiger partial charge in [-0.25, -0.2) is 9.50 Å². The SMILES string of the molecule is O=C(NC1CCNC1)c1ccc(-c2cnc3c(-c4ccccc4)cnn3c2)cc1. The van der Waals surface area contributed by atoms with Crippen molar-refractivity contribution >= 4 is 11.6 Å². The molecule has 0 saturated carbocycles. The molecule has 2 aromatic carbocycles. The van der Waals surface area contributed by atoms with E-state index in [4.69, 9.17) is 0 Å². The summed E-state index contributed by atoms with van der Waals surface area (Å²) in [6.07, 6.45) is 6.63. The molecule has 1 aliphatic heterocycles. The maximum Gasteiger partial charge on any atom is 0.251 e. The third-order valence-corrected chi connectivity index (χ3v) is 5.32. The lowest BCUT2D eigenvalue weighted by atomic mass is 10.1. The van der Waals surface area contributed by atoms with Crippen molar-refractivity contribution in [2.75, 3.05) is 13.1 Å². The summed E-state index contributed by atoms with van der Waals surface area (Å²) in [5.74, 6) is -0.0293. The highest BCUT2D eigenvalue weighted by Gasteiger charge is 2.17.